The first-order valence-corrected chi connectivity index (χ1v) is 9.83. The normalized spacial score (nSPS) is 26.0. The van der Waals surface area contributed by atoms with E-state index in [2.05, 4.69) is 19.6 Å². The monoisotopic (exact) mass is 343 g/mol. The van der Waals surface area contributed by atoms with Crippen LogP contribution in [0.25, 0.3) is 0 Å². The number of urea groups is 1. The Kier molecular flexibility index (Phi) is 4.92. The van der Waals surface area contributed by atoms with Gasteiger partial charge in [-0.1, -0.05) is 0 Å². The van der Waals surface area contributed by atoms with E-state index in [9.17, 15) is 9.00 Å². The fourth-order valence-electron chi connectivity index (χ4n) is 2.77. The van der Waals surface area contributed by atoms with Crippen LogP contribution in [0.2, 0.25) is 0 Å². The van der Waals surface area contributed by atoms with Crippen molar-refractivity contribution >= 4 is 33.5 Å². The predicted molar refractivity (Wildman–Crippen MR) is 87.9 cm³/mol. The molecule has 2 aliphatic rings. The molecule has 3 heterocycles. The highest BCUT2D eigenvalue weighted by Crippen LogP contribution is 2.19. The van der Waals surface area contributed by atoms with Crippen LogP contribution < -0.4 is 10.2 Å². The van der Waals surface area contributed by atoms with Crippen LogP contribution in [0, 0.1) is 6.92 Å². The van der Waals surface area contributed by atoms with Crippen LogP contribution in [-0.2, 0) is 10.8 Å². The van der Waals surface area contributed by atoms with Crippen molar-refractivity contribution in [3.8, 4) is 0 Å². The molecule has 22 heavy (non-hydrogen) atoms. The van der Waals surface area contributed by atoms with Gasteiger partial charge in [-0.25, -0.2) is 9.78 Å². The van der Waals surface area contributed by atoms with Gasteiger partial charge in [0.25, 0.3) is 0 Å². The van der Waals surface area contributed by atoms with Gasteiger partial charge in [-0.05, 0) is 19.8 Å². The van der Waals surface area contributed by atoms with Gasteiger partial charge in [-0.2, -0.15) is 4.37 Å². The third-order valence-corrected chi connectivity index (χ3v) is 6.31. The molecule has 9 heteroatoms. The molecule has 1 N–H and O–H groups in total. The number of nitrogens with one attached hydrogen (secondary N) is 1. The first-order valence-electron chi connectivity index (χ1n) is 7.57. The molecule has 2 amide bonds. The molecule has 122 valence electrons. The second-order valence-corrected chi connectivity index (χ2v) is 8.05. The smallest absolute Gasteiger partial charge is 0.317 e. The zero-order valence-electron chi connectivity index (χ0n) is 12.7. The van der Waals surface area contributed by atoms with Gasteiger partial charge in [0, 0.05) is 66.1 Å². The molecular formula is C13H21N5O2S2. The number of hydrogen-bond donors (Lipinski definition) is 1. The molecule has 1 aromatic rings. The Balaban J connectivity index is 1.53. The summed E-state index contributed by atoms with van der Waals surface area (Å²) in [6, 6.07) is 0.0395. The molecule has 3 rings (SSSR count). The molecule has 7 nitrogen and oxygen atoms in total. The summed E-state index contributed by atoms with van der Waals surface area (Å²) in [5.74, 6) is 2.10. The van der Waals surface area contributed by atoms with Gasteiger partial charge in [0.05, 0.1) is 0 Å². The van der Waals surface area contributed by atoms with Crippen LogP contribution >= 0.6 is 11.5 Å². The number of hydrogen-bond acceptors (Lipinski definition) is 6. The van der Waals surface area contributed by atoms with E-state index in [4.69, 9.17) is 0 Å². The highest BCUT2D eigenvalue weighted by atomic mass is 32.2. The average Bonchev–Trinajstić information content (AvgIpc) is 3.00. The summed E-state index contributed by atoms with van der Waals surface area (Å²) in [5, 5.41) is 3.95. The average molecular weight is 343 g/mol. The maximum atomic E-state index is 12.3. The number of nitrogens with zero attached hydrogens (tertiary/aromatic N) is 4. The first kappa shape index (κ1) is 15.7. The van der Waals surface area contributed by atoms with E-state index in [1.807, 2.05) is 11.8 Å². The summed E-state index contributed by atoms with van der Waals surface area (Å²) < 4.78 is 15.6. The summed E-state index contributed by atoms with van der Waals surface area (Å²) >= 11 is 1.41. The molecule has 0 saturated carbocycles. The Labute approximate surface area is 136 Å². The lowest BCUT2D eigenvalue weighted by Gasteiger charge is -2.23. The van der Waals surface area contributed by atoms with Crippen molar-refractivity contribution in [2.75, 3.05) is 42.6 Å². The van der Waals surface area contributed by atoms with Gasteiger partial charge in [0.15, 0.2) is 0 Å². The summed E-state index contributed by atoms with van der Waals surface area (Å²) in [7, 11) is -0.761. The molecule has 0 bridgehead atoms. The van der Waals surface area contributed by atoms with Crippen molar-refractivity contribution in [2.24, 2.45) is 0 Å². The largest absolute Gasteiger partial charge is 0.345 e. The minimum absolute atomic E-state index is 0.0285. The minimum Gasteiger partial charge on any atom is -0.345 e. The quantitative estimate of drug-likeness (QED) is 0.850. The second kappa shape index (κ2) is 6.91. The lowest BCUT2D eigenvalue weighted by atomic mass is 10.3. The third kappa shape index (κ3) is 3.75. The standard InChI is InChI=1S/C13H21N5O2S2/c1-10-14-13(21-16-10)18-5-2-4-17(6-7-18)12(19)15-11-3-8-22(20)9-11/h11H,2-9H2,1H3,(H,15,19)/t11-,22-/m1/s1. The third-order valence-electron chi connectivity index (χ3n) is 3.98. The van der Waals surface area contributed by atoms with Crippen molar-refractivity contribution in [2.45, 2.75) is 25.8 Å². The Morgan fingerprint density at radius 2 is 2.23 bits per heavy atom. The van der Waals surface area contributed by atoms with Gasteiger partial charge in [-0.3, -0.25) is 4.21 Å². The number of carbonyl (C=O) groups excluding carboxylic acids is 1. The number of carbonyl (C=O) groups is 1. The summed E-state index contributed by atoms with van der Waals surface area (Å²) in [6.07, 6.45) is 1.74. The molecule has 0 unspecified atom stereocenters. The zero-order chi connectivity index (χ0) is 15.5. The van der Waals surface area contributed by atoms with Gasteiger partial charge < -0.3 is 15.1 Å². The summed E-state index contributed by atoms with van der Waals surface area (Å²) in [6.45, 7) is 4.99. The van der Waals surface area contributed by atoms with E-state index >= 15 is 0 Å². The van der Waals surface area contributed by atoms with Crippen molar-refractivity contribution in [1.82, 2.24) is 19.6 Å². The van der Waals surface area contributed by atoms with Gasteiger partial charge in [0.1, 0.15) is 5.82 Å². The number of rotatable bonds is 2. The van der Waals surface area contributed by atoms with Gasteiger partial charge in [-0.15, -0.1) is 0 Å². The van der Waals surface area contributed by atoms with E-state index < -0.39 is 10.8 Å². The molecule has 2 saturated heterocycles. The van der Waals surface area contributed by atoms with Crippen molar-refractivity contribution < 1.29 is 9.00 Å². The van der Waals surface area contributed by atoms with Crippen LogP contribution in [0.4, 0.5) is 9.93 Å². The SMILES string of the molecule is Cc1nsc(N2CCCN(C(=O)N[C@@H]3CC[S@@](=O)C3)CC2)n1. The maximum Gasteiger partial charge on any atom is 0.317 e. The molecule has 0 spiro atoms. The lowest BCUT2D eigenvalue weighted by molar-refractivity contribution is 0.198. The molecular weight excluding hydrogens is 322 g/mol. The fourth-order valence-corrected chi connectivity index (χ4v) is 4.91. The first-order chi connectivity index (χ1) is 10.6. The van der Waals surface area contributed by atoms with Crippen LogP contribution in [0.3, 0.4) is 0 Å². The van der Waals surface area contributed by atoms with E-state index in [1.54, 1.807) is 0 Å². The van der Waals surface area contributed by atoms with Crippen molar-refractivity contribution in [3.05, 3.63) is 5.82 Å². The molecule has 2 fully saturated rings. The summed E-state index contributed by atoms with van der Waals surface area (Å²) in [4.78, 5) is 20.8. The Bertz CT molecular complexity index is 564. The van der Waals surface area contributed by atoms with Gasteiger partial charge in [0.2, 0.25) is 5.13 Å². The van der Waals surface area contributed by atoms with Crippen molar-refractivity contribution in [3.63, 3.8) is 0 Å². The van der Waals surface area contributed by atoms with Crippen LogP contribution in [0.15, 0.2) is 0 Å². The number of amides is 2. The number of anilines is 1. The van der Waals surface area contributed by atoms with Crippen molar-refractivity contribution in [1.29, 1.82) is 0 Å². The molecule has 0 radical (unpaired) electrons. The Hall–Kier alpha value is -1.22. The summed E-state index contributed by atoms with van der Waals surface area (Å²) in [5.41, 5.74) is 0. The van der Waals surface area contributed by atoms with Crippen LogP contribution in [0.1, 0.15) is 18.7 Å². The number of aromatic nitrogens is 2. The Morgan fingerprint density at radius 1 is 1.36 bits per heavy atom. The van der Waals surface area contributed by atoms with E-state index in [1.165, 1.54) is 11.5 Å². The molecule has 0 aromatic carbocycles. The minimum atomic E-state index is -0.761. The highest BCUT2D eigenvalue weighted by molar-refractivity contribution is 7.85. The maximum absolute atomic E-state index is 12.3. The zero-order valence-corrected chi connectivity index (χ0v) is 14.3. The predicted octanol–water partition coefficient (Wildman–Crippen LogP) is 0.589. The van der Waals surface area contributed by atoms with E-state index in [-0.39, 0.29) is 12.1 Å². The van der Waals surface area contributed by atoms with E-state index in [0.717, 1.165) is 43.4 Å². The highest BCUT2D eigenvalue weighted by Gasteiger charge is 2.26. The lowest BCUT2D eigenvalue weighted by Crippen LogP contribution is -2.46. The van der Waals surface area contributed by atoms with Crippen LogP contribution in [0.5, 0.6) is 0 Å². The van der Waals surface area contributed by atoms with Gasteiger partial charge >= 0.3 is 6.03 Å². The molecule has 1 aromatic heterocycles. The van der Waals surface area contributed by atoms with E-state index in [0.29, 0.717) is 18.1 Å². The second-order valence-electron chi connectivity index (χ2n) is 5.70. The number of aryl methyl sites for hydroxylation is 1. The molecule has 0 aliphatic carbocycles. The van der Waals surface area contributed by atoms with Crippen LogP contribution in [-0.4, -0.2) is 68.2 Å². The fraction of sp³-hybridized carbons (Fsp3) is 0.769. The molecule has 2 aliphatic heterocycles. The Morgan fingerprint density at radius 3 is 2.91 bits per heavy atom. The molecule has 2 atom stereocenters. The topological polar surface area (TPSA) is 78.4 Å².